The van der Waals surface area contributed by atoms with Gasteiger partial charge in [-0.3, -0.25) is 14.7 Å². The van der Waals surface area contributed by atoms with E-state index in [0.717, 1.165) is 27.6 Å². The summed E-state index contributed by atoms with van der Waals surface area (Å²) in [7, 11) is 1.64. The Labute approximate surface area is 162 Å². The molecule has 0 saturated carbocycles. The average Bonchev–Trinajstić information content (AvgIpc) is 2.66. The lowest BCUT2D eigenvalue weighted by Gasteiger charge is -2.34. The van der Waals surface area contributed by atoms with Crippen LogP contribution in [-0.2, 0) is 10.3 Å². The van der Waals surface area contributed by atoms with Crippen LogP contribution >= 0.6 is 11.6 Å². The third-order valence-corrected chi connectivity index (χ3v) is 5.43. The van der Waals surface area contributed by atoms with Gasteiger partial charge in [0.2, 0.25) is 5.91 Å². The van der Waals surface area contributed by atoms with Crippen LogP contribution < -0.4 is 5.73 Å². The number of aliphatic imine (C=N–C) groups is 1. The molecule has 0 aliphatic carbocycles. The number of hydrogen-bond acceptors (Lipinski definition) is 4. The van der Waals surface area contributed by atoms with E-state index in [4.69, 9.17) is 17.3 Å². The number of nitrogens with two attached hydrogens (primary N) is 1. The second-order valence-electron chi connectivity index (χ2n) is 6.94. The molecule has 1 aromatic heterocycles. The molecular formula is C21H19ClN4O. The number of nitrogens with zero attached hydrogens (tertiary/aromatic N) is 3. The van der Waals surface area contributed by atoms with Crippen LogP contribution in [0.3, 0.4) is 0 Å². The average molecular weight is 379 g/mol. The van der Waals surface area contributed by atoms with E-state index in [2.05, 4.69) is 9.98 Å². The van der Waals surface area contributed by atoms with Gasteiger partial charge in [-0.2, -0.15) is 0 Å². The zero-order chi connectivity index (χ0) is 19.2. The molecule has 0 fully saturated rings. The lowest BCUT2D eigenvalue weighted by atomic mass is 9.85. The van der Waals surface area contributed by atoms with Crippen molar-refractivity contribution in [2.75, 3.05) is 7.05 Å². The molecule has 0 bridgehead atoms. The predicted octanol–water partition coefficient (Wildman–Crippen LogP) is 3.95. The van der Waals surface area contributed by atoms with E-state index in [0.29, 0.717) is 5.02 Å². The molecule has 4 rings (SSSR count). The van der Waals surface area contributed by atoms with E-state index < -0.39 is 5.54 Å². The molecule has 5 nitrogen and oxygen atoms in total. The van der Waals surface area contributed by atoms with Gasteiger partial charge >= 0.3 is 0 Å². The summed E-state index contributed by atoms with van der Waals surface area (Å²) in [6.45, 7) is 1.92. The largest absolute Gasteiger partial charge is 0.369 e. The van der Waals surface area contributed by atoms with E-state index in [-0.39, 0.29) is 18.3 Å². The minimum absolute atomic E-state index is 0.0594. The van der Waals surface area contributed by atoms with Gasteiger partial charge in [-0.15, -0.1) is 0 Å². The monoisotopic (exact) mass is 378 g/mol. The molecule has 0 spiro atoms. The van der Waals surface area contributed by atoms with E-state index in [1.54, 1.807) is 13.2 Å². The molecule has 0 radical (unpaired) electrons. The first-order valence-electron chi connectivity index (χ1n) is 8.65. The van der Waals surface area contributed by atoms with Crippen molar-refractivity contribution in [1.29, 1.82) is 0 Å². The highest BCUT2D eigenvalue weighted by Gasteiger charge is 2.36. The van der Waals surface area contributed by atoms with Gasteiger partial charge in [0.15, 0.2) is 5.96 Å². The summed E-state index contributed by atoms with van der Waals surface area (Å²) in [5.41, 5.74) is 8.90. The Bertz CT molecular complexity index is 1090. The zero-order valence-electron chi connectivity index (χ0n) is 15.1. The highest BCUT2D eigenvalue weighted by Crippen LogP contribution is 2.39. The van der Waals surface area contributed by atoms with Gasteiger partial charge in [-0.1, -0.05) is 35.9 Å². The molecule has 1 unspecified atom stereocenters. The molecule has 1 amide bonds. The number of guanidine groups is 1. The van der Waals surface area contributed by atoms with E-state index >= 15 is 0 Å². The molecule has 2 N–H and O–H groups in total. The summed E-state index contributed by atoms with van der Waals surface area (Å²) < 4.78 is 0. The molecule has 1 aliphatic rings. The van der Waals surface area contributed by atoms with Crippen molar-refractivity contribution < 1.29 is 4.79 Å². The van der Waals surface area contributed by atoms with Crippen LogP contribution in [0.5, 0.6) is 0 Å². The standard InChI is InChI=1S/C21H19ClN4O/c1-21(12-19(27)26(2)20(23)25-21)13-8-9-17(22)16(11-13)14-5-3-7-18-15(14)6-4-10-24-18/h3-11H,12H2,1-2H3,(H2,23,25). The minimum atomic E-state index is -0.726. The van der Waals surface area contributed by atoms with Crippen molar-refractivity contribution in [3.63, 3.8) is 0 Å². The van der Waals surface area contributed by atoms with Crippen LogP contribution in [-0.4, -0.2) is 28.8 Å². The van der Waals surface area contributed by atoms with Crippen LogP contribution in [0, 0.1) is 0 Å². The lowest BCUT2D eigenvalue weighted by Crippen LogP contribution is -2.47. The summed E-state index contributed by atoms with van der Waals surface area (Å²) in [5.74, 6) is 0.162. The number of carbonyl (C=O) groups excluding carboxylic acids is 1. The summed E-state index contributed by atoms with van der Waals surface area (Å²) in [6.07, 6.45) is 2.02. The first kappa shape index (κ1) is 17.5. The molecule has 3 aromatic rings. The molecular weight excluding hydrogens is 360 g/mol. The Morgan fingerprint density at radius 1 is 1.15 bits per heavy atom. The molecule has 6 heteroatoms. The number of aromatic nitrogens is 1. The van der Waals surface area contributed by atoms with Crippen LogP contribution in [0.4, 0.5) is 0 Å². The predicted molar refractivity (Wildman–Crippen MR) is 109 cm³/mol. The smallest absolute Gasteiger partial charge is 0.231 e. The van der Waals surface area contributed by atoms with E-state index in [1.165, 1.54) is 4.90 Å². The Hall–Kier alpha value is -2.92. The van der Waals surface area contributed by atoms with Crippen molar-refractivity contribution >= 4 is 34.4 Å². The Morgan fingerprint density at radius 2 is 1.96 bits per heavy atom. The Balaban J connectivity index is 1.89. The van der Waals surface area contributed by atoms with Crippen molar-refractivity contribution in [2.24, 2.45) is 10.7 Å². The molecule has 136 valence electrons. The van der Waals surface area contributed by atoms with Gasteiger partial charge in [0, 0.05) is 29.2 Å². The van der Waals surface area contributed by atoms with Gasteiger partial charge in [0.1, 0.15) is 0 Å². The normalized spacial score (nSPS) is 20.0. The van der Waals surface area contributed by atoms with Crippen LogP contribution in [0.15, 0.2) is 59.7 Å². The Morgan fingerprint density at radius 3 is 2.74 bits per heavy atom. The molecule has 27 heavy (non-hydrogen) atoms. The van der Waals surface area contributed by atoms with Gasteiger partial charge in [-0.25, -0.2) is 4.99 Å². The lowest BCUT2D eigenvalue weighted by molar-refractivity contribution is -0.128. The van der Waals surface area contributed by atoms with Gasteiger partial charge in [0.05, 0.1) is 17.5 Å². The molecule has 0 saturated heterocycles. The number of fused-ring (bicyclic) bond motifs is 1. The van der Waals surface area contributed by atoms with Crippen molar-refractivity contribution in [3.05, 3.63) is 65.3 Å². The number of rotatable bonds is 2. The first-order chi connectivity index (χ1) is 12.9. The molecule has 2 aromatic carbocycles. The summed E-state index contributed by atoms with van der Waals surface area (Å²) >= 11 is 6.54. The first-order valence-corrected chi connectivity index (χ1v) is 9.03. The second-order valence-corrected chi connectivity index (χ2v) is 7.35. The summed E-state index contributed by atoms with van der Waals surface area (Å²) in [4.78, 5) is 22.7. The maximum Gasteiger partial charge on any atom is 0.231 e. The van der Waals surface area contributed by atoms with Gasteiger partial charge < -0.3 is 5.73 Å². The van der Waals surface area contributed by atoms with Crippen molar-refractivity contribution in [3.8, 4) is 11.1 Å². The van der Waals surface area contributed by atoms with E-state index in [1.807, 2.05) is 55.5 Å². The molecule has 1 atom stereocenters. The number of hydrogen-bond donors (Lipinski definition) is 1. The molecule has 1 aliphatic heterocycles. The zero-order valence-corrected chi connectivity index (χ0v) is 15.9. The number of amides is 1. The number of halogens is 1. The third-order valence-electron chi connectivity index (χ3n) is 5.10. The maximum absolute atomic E-state index is 12.3. The van der Waals surface area contributed by atoms with Crippen molar-refractivity contribution in [1.82, 2.24) is 9.88 Å². The highest BCUT2D eigenvalue weighted by atomic mass is 35.5. The topological polar surface area (TPSA) is 71.6 Å². The van der Waals surface area contributed by atoms with Gasteiger partial charge in [-0.05, 0) is 42.3 Å². The highest BCUT2D eigenvalue weighted by molar-refractivity contribution is 6.33. The number of carbonyl (C=O) groups is 1. The van der Waals surface area contributed by atoms with Crippen LogP contribution in [0.2, 0.25) is 5.02 Å². The fourth-order valence-corrected chi connectivity index (χ4v) is 3.70. The number of pyridine rings is 1. The van der Waals surface area contributed by atoms with Crippen LogP contribution in [0.1, 0.15) is 18.9 Å². The second kappa shape index (κ2) is 6.35. The van der Waals surface area contributed by atoms with E-state index in [9.17, 15) is 4.79 Å². The quantitative estimate of drug-likeness (QED) is 0.733. The fraction of sp³-hybridized carbons (Fsp3) is 0.190. The maximum atomic E-state index is 12.3. The summed E-state index contributed by atoms with van der Waals surface area (Å²) in [5, 5.41) is 1.65. The van der Waals surface area contributed by atoms with Gasteiger partial charge in [0.25, 0.3) is 0 Å². The third kappa shape index (κ3) is 2.94. The Kier molecular flexibility index (Phi) is 4.12. The number of benzene rings is 2. The summed E-state index contributed by atoms with van der Waals surface area (Å²) in [6, 6.07) is 15.6. The van der Waals surface area contributed by atoms with Crippen molar-refractivity contribution in [2.45, 2.75) is 18.9 Å². The van der Waals surface area contributed by atoms with Crippen LogP contribution in [0.25, 0.3) is 22.0 Å². The molecule has 2 heterocycles. The fourth-order valence-electron chi connectivity index (χ4n) is 3.48. The minimum Gasteiger partial charge on any atom is -0.369 e. The SMILES string of the molecule is CN1C(=O)CC(C)(c2ccc(Cl)c(-c3cccc4ncccc34)c2)N=C1N.